The third-order valence-corrected chi connectivity index (χ3v) is 7.93. The fourth-order valence-corrected chi connectivity index (χ4v) is 5.83. The van der Waals surface area contributed by atoms with Gasteiger partial charge in [-0.15, -0.1) is 0 Å². The Morgan fingerprint density at radius 1 is 1.09 bits per heavy atom. The first-order valence-corrected chi connectivity index (χ1v) is 13.6. The molecule has 2 aromatic carbocycles. The maximum absolute atomic E-state index is 13.2. The van der Waals surface area contributed by atoms with Crippen molar-refractivity contribution < 1.29 is 18.0 Å². The van der Waals surface area contributed by atoms with E-state index < -0.39 is 10.0 Å². The molecular formula is C25H33N5O4S. The molecule has 188 valence electrons. The maximum Gasteiger partial charge on any atom is 0.262 e. The Balaban J connectivity index is 1.51. The standard InChI is InChI=1S/C25H33N5O4S/c1-19-6-2-3-7-23(19)35(33,34)28-21-18-20(9-10-22(21)29-16-12-26-13-17-29)25(32)27-11-5-15-30-14-4-8-24(30)31/h2-3,6-7,9-10,18,26,28H,4-5,8,11-17H2,1H3,(H,27,32). The predicted molar refractivity (Wildman–Crippen MR) is 136 cm³/mol. The van der Waals surface area contributed by atoms with Crippen molar-refractivity contribution in [3.63, 3.8) is 0 Å². The van der Waals surface area contributed by atoms with Crippen molar-refractivity contribution in [3.8, 4) is 0 Å². The van der Waals surface area contributed by atoms with Gasteiger partial charge >= 0.3 is 0 Å². The minimum atomic E-state index is -3.84. The molecule has 0 saturated carbocycles. The highest BCUT2D eigenvalue weighted by Crippen LogP contribution is 2.30. The molecule has 0 radical (unpaired) electrons. The van der Waals surface area contributed by atoms with Crippen LogP contribution in [0.25, 0.3) is 0 Å². The summed E-state index contributed by atoms with van der Waals surface area (Å²) in [7, 11) is -3.84. The summed E-state index contributed by atoms with van der Waals surface area (Å²) in [5.74, 6) is -0.105. The molecule has 0 bridgehead atoms. The van der Waals surface area contributed by atoms with Gasteiger partial charge in [0.15, 0.2) is 0 Å². The van der Waals surface area contributed by atoms with E-state index in [2.05, 4.69) is 20.3 Å². The Bertz CT molecular complexity index is 1180. The first-order chi connectivity index (χ1) is 16.8. The van der Waals surface area contributed by atoms with Crippen LogP contribution in [0, 0.1) is 6.92 Å². The van der Waals surface area contributed by atoms with Gasteiger partial charge in [0.1, 0.15) is 0 Å². The maximum atomic E-state index is 13.2. The average molecular weight is 500 g/mol. The quantitative estimate of drug-likeness (QED) is 0.455. The Morgan fingerprint density at radius 3 is 2.57 bits per heavy atom. The monoisotopic (exact) mass is 499 g/mol. The van der Waals surface area contributed by atoms with Crippen LogP contribution in [0.15, 0.2) is 47.4 Å². The lowest BCUT2D eigenvalue weighted by Crippen LogP contribution is -2.43. The molecule has 2 fully saturated rings. The van der Waals surface area contributed by atoms with Gasteiger partial charge in [0.2, 0.25) is 5.91 Å². The fraction of sp³-hybridized carbons (Fsp3) is 0.440. The van der Waals surface area contributed by atoms with Gasteiger partial charge < -0.3 is 20.4 Å². The second kappa shape index (κ2) is 11.1. The molecule has 2 amide bonds. The Kier molecular flexibility index (Phi) is 7.92. The van der Waals surface area contributed by atoms with Crippen molar-refractivity contribution in [3.05, 3.63) is 53.6 Å². The highest BCUT2D eigenvalue weighted by Gasteiger charge is 2.23. The van der Waals surface area contributed by atoms with Gasteiger partial charge in [0.05, 0.1) is 16.3 Å². The molecule has 4 rings (SSSR count). The van der Waals surface area contributed by atoms with Crippen molar-refractivity contribution in [1.29, 1.82) is 0 Å². The number of sulfonamides is 1. The highest BCUT2D eigenvalue weighted by molar-refractivity contribution is 7.92. The van der Waals surface area contributed by atoms with E-state index in [1.54, 1.807) is 49.4 Å². The molecule has 0 atom stereocenters. The molecule has 2 aliphatic heterocycles. The van der Waals surface area contributed by atoms with Gasteiger partial charge in [-0.2, -0.15) is 0 Å². The van der Waals surface area contributed by atoms with Gasteiger partial charge in [-0.1, -0.05) is 18.2 Å². The zero-order valence-electron chi connectivity index (χ0n) is 20.0. The van der Waals surface area contributed by atoms with E-state index in [0.717, 1.165) is 44.8 Å². The summed E-state index contributed by atoms with van der Waals surface area (Å²) >= 11 is 0. The van der Waals surface area contributed by atoms with E-state index in [0.29, 0.717) is 42.7 Å². The number of hydrogen-bond donors (Lipinski definition) is 3. The van der Waals surface area contributed by atoms with Crippen LogP contribution >= 0.6 is 0 Å². The Hall–Kier alpha value is -3.11. The number of nitrogens with one attached hydrogen (secondary N) is 3. The fourth-order valence-electron chi connectivity index (χ4n) is 4.51. The lowest BCUT2D eigenvalue weighted by molar-refractivity contribution is -0.127. The molecule has 35 heavy (non-hydrogen) atoms. The number of carbonyl (C=O) groups excluding carboxylic acids is 2. The molecule has 2 heterocycles. The zero-order valence-corrected chi connectivity index (χ0v) is 20.9. The molecule has 2 saturated heterocycles. The smallest absolute Gasteiger partial charge is 0.262 e. The van der Waals surface area contributed by atoms with Crippen LogP contribution in [-0.4, -0.2) is 70.9 Å². The number of piperazine rings is 1. The van der Waals surface area contributed by atoms with Crippen LogP contribution in [0.2, 0.25) is 0 Å². The van der Waals surface area contributed by atoms with Crippen LogP contribution in [0.3, 0.4) is 0 Å². The normalized spacial score (nSPS) is 16.4. The SMILES string of the molecule is Cc1ccccc1S(=O)(=O)Nc1cc(C(=O)NCCCN2CCCC2=O)ccc1N1CCNCC1. The third-order valence-electron chi connectivity index (χ3n) is 6.41. The molecule has 0 aromatic heterocycles. The molecule has 0 unspecified atom stereocenters. The minimum absolute atomic E-state index is 0.172. The summed E-state index contributed by atoms with van der Waals surface area (Å²) in [5.41, 5.74) is 2.15. The molecule has 0 spiro atoms. The summed E-state index contributed by atoms with van der Waals surface area (Å²) in [4.78, 5) is 28.7. The number of rotatable bonds is 9. The molecule has 3 N–H and O–H groups in total. The van der Waals surface area contributed by atoms with Crippen molar-refractivity contribution in [1.82, 2.24) is 15.5 Å². The van der Waals surface area contributed by atoms with E-state index in [9.17, 15) is 18.0 Å². The first kappa shape index (κ1) is 25.0. The largest absolute Gasteiger partial charge is 0.367 e. The van der Waals surface area contributed by atoms with Gasteiger partial charge in [-0.05, 0) is 49.6 Å². The average Bonchev–Trinajstić information content (AvgIpc) is 3.26. The summed E-state index contributed by atoms with van der Waals surface area (Å²) in [6, 6.07) is 12.0. The van der Waals surface area contributed by atoms with Crippen LogP contribution in [0.5, 0.6) is 0 Å². The van der Waals surface area contributed by atoms with Crippen molar-refractivity contribution >= 4 is 33.2 Å². The lowest BCUT2D eigenvalue weighted by atomic mass is 10.1. The number of nitrogens with zero attached hydrogens (tertiary/aromatic N) is 2. The van der Waals surface area contributed by atoms with Gasteiger partial charge in [0.25, 0.3) is 15.9 Å². The van der Waals surface area contributed by atoms with Crippen LogP contribution in [-0.2, 0) is 14.8 Å². The van der Waals surface area contributed by atoms with E-state index >= 15 is 0 Å². The lowest BCUT2D eigenvalue weighted by Gasteiger charge is -2.31. The number of aryl methyl sites for hydroxylation is 1. The van der Waals surface area contributed by atoms with E-state index in [4.69, 9.17) is 0 Å². The topological polar surface area (TPSA) is 111 Å². The number of anilines is 2. The van der Waals surface area contributed by atoms with Crippen molar-refractivity contribution in [2.75, 3.05) is 55.4 Å². The van der Waals surface area contributed by atoms with Gasteiger partial charge in [0, 0.05) is 57.8 Å². The van der Waals surface area contributed by atoms with Crippen LogP contribution < -0.4 is 20.3 Å². The summed E-state index contributed by atoms with van der Waals surface area (Å²) in [5, 5.41) is 6.19. The Morgan fingerprint density at radius 2 is 1.86 bits per heavy atom. The number of benzene rings is 2. The number of amides is 2. The number of carbonyl (C=O) groups is 2. The number of likely N-dealkylation sites (tertiary alicyclic amines) is 1. The molecule has 9 nitrogen and oxygen atoms in total. The van der Waals surface area contributed by atoms with Crippen molar-refractivity contribution in [2.45, 2.75) is 31.1 Å². The Labute approximate surface area is 206 Å². The van der Waals surface area contributed by atoms with Gasteiger partial charge in [-0.3, -0.25) is 14.3 Å². The van der Waals surface area contributed by atoms with E-state index in [1.807, 2.05) is 4.90 Å². The van der Waals surface area contributed by atoms with Crippen LogP contribution in [0.4, 0.5) is 11.4 Å². The molecule has 2 aromatic rings. The second-order valence-electron chi connectivity index (χ2n) is 8.93. The third kappa shape index (κ3) is 6.12. The molecule has 0 aliphatic carbocycles. The van der Waals surface area contributed by atoms with Gasteiger partial charge in [-0.25, -0.2) is 8.42 Å². The zero-order chi connectivity index (χ0) is 24.8. The molecule has 10 heteroatoms. The minimum Gasteiger partial charge on any atom is -0.367 e. The number of hydrogen-bond acceptors (Lipinski definition) is 6. The van der Waals surface area contributed by atoms with Crippen LogP contribution in [0.1, 0.15) is 35.2 Å². The van der Waals surface area contributed by atoms with E-state index in [-0.39, 0.29) is 16.7 Å². The van der Waals surface area contributed by atoms with Crippen molar-refractivity contribution in [2.24, 2.45) is 0 Å². The summed E-state index contributed by atoms with van der Waals surface area (Å²) in [6.45, 7) is 6.67. The second-order valence-corrected chi connectivity index (χ2v) is 10.6. The highest BCUT2D eigenvalue weighted by atomic mass is 32.2. The van der Waals surface area contributed by atoms with E-state index in [1.165, 1.54) is 0 Å². The summed E-state index contributed by atoms with van der Waals surface area (Å²) in [6.07, 6.45) is 2.17. The molecular weight excluding hydrogens is 466 g/mol. The molecule has 2 aliphatic rings. The first-order valence-electron chi connectivity index (χ1n) is 12.1. The predicted octanol–water partition coefficient (Wildman–Crippen LogP) is 1.95. The summed E-state index contributed by atoms with van der Waals surface area (Å²) < 4.78 is 29.2.